The molecule has 18 heavy (non-hydrogen) atoms. The molecule has 0 saturated carbocycles. The van der Waals surface area contributed by atoms with Crippen molar-refractivity contribution < 1.29 is 19.4 Å². The Morgan fingerprint density at radius 3 is 2.56 bits per heavy atom. The van der Waals surface area contributed by atoms with Gasteiger partial charge in [-0.3, -0.25) is 9.59 Å². The third-order valence-corrected chi connectivity index (χ3v) is 4.20. The first-order valence-corrected chi connectivity index (χ1v) is 7.49. The predicted octanol–water partition coefficient (Wildman–Crippen LogP) is 0.983. The highest BCUT2D eigenvalue weighted by Crippen LogP contribution is 2.30. The van der Waals surface area contributed by atoms with Crippen LogP contribution >= 0.6 is 11.8 Å². The smallest absolute Gasteiger partial charge is 0.311 e. The molecule has 6 heteroatoms. The Morgan fingerprint density at radius 2 is 2.06 bits per heavy atom. The molecule has 1 rings (SSSR count). The Morgan fingerprint density at radius 1 is 1.44 bits per heavy atom. The molecule has 0 aliphatic carbocycles. The molecular formula is C12H21NO4S. The summed E-state index contributed by atoms with van der Waals surface area (Å²) in [5.41, 5.74) is -0.854. The maximum absolute atomic E-state index is 11.8. The van der Waals surface area contributed by atoms with Crippen molar-refractivity contribution in [2.45, 2.75) is 19.8 Å². The normalized spacial score (nSPS) is 20.1. The molecule has 0 spiro atoms. The minimum absolute atomic E-state index is 0.0727. The van der Waals surface area contributed by atoms with Crippen LogP contribution in [0.2, 0.25) is 0 Å². The molecule has 1 amide bonds. The Labute approximate surface area is 112 Å². The molecular weight excluding hydrogens is 254 g/mol. The first-order chi connectivity index (χ1) is 8.52. The van der Waals surface area contributed by atoms with Gasteiger partial charge < -0.3 is 15.2 Å². The van der Waals surface area contributed by atoms with Gasteiger partial charge in [-0.05, 0) is 19.1 Å². The zero-order valence-corrected chi connectivity index (χ0v) is 11.7. The average Bonchev–Trinajstić information content (AvgIpc) is 2.37. The maximum atomic E-state index is 11.8. The molecule has 104 valence electrons. The molecule has 0 aromatic heterocycles. The van der Waals surface area contributed by atoms with Gasteiger partial charge in [0.1, 0.15) is 0 Å². The van der Waals surface area contributed by atoms with Gasteiger partial charge >= 0.3 is 5.97 Å². The lowest BCUT2D eigenvalue weighted by molar-refractivity contribution is -0.154. The number of thioether (sulfide) groups is 1. The number of aliphatic carboxylic acids is 1. The SMILES string of the molecule is CSCC(C)C(=O)NCC1(C(=O)O)CCOCC1. The number of amides is 1. The van der Waals surface area contributed by atoms with Crippen molar-refractivity contribution in [1.29, 1.82) is 0 Å². The summed E-state index contributed by atoms with van der Waals surface area (Å²) in [4.78, 5) is 23.2. The van der Waals surface area contributed by atoms with Crippen LogP contribution in [0.15, 0.2) is 0 Å². The topological polar surface area (TPSA) is 75.6 Å². The van der Waals surface area contributed by atoms with Gasteiger partial charge in [0.25, 0.3) is 0 Å². The van der Waals surface area contributed by atoms with E-state index in [2.05, 4.69) is 5.32 Å². The third-order valence-electron chi connectivity index (χ3n) is 3.37. The van der Waals surface area contributed by atoms with Gasteiger partial charge in [0.2, 0.25) is 5.91 Å². The van der Waals surface area contributed by atoms with Crippen molar-refractivity contribution in [3.63, 3.8) is 0 Å². The molecule has 1 saturated heterocycles. The second-order valence-electron chi connectivity index (χ2n) is 4.77. The van der Waals surface area contributed by atoms with Crippen molar-refractivity contribution in [3.8, 4) is 0 Å². The van der Waals surface area contributed by atoms with Crippen LogP contribution in [-0.2, 0) is 14.3 Å². The molecule has 1 aliphatic rings. The number of ether oxygens (including phenoxy) is 1. The molecule has 2 N–H and O–H groups in total. The third kappa shape index (κ3) is 3.88. The van der Waals surface area contributed by atoms with E-state index in [1.807, 2.05) is 13.2 Å². The van der Waals surface area contributed by atoms with Crippen LogP contribution in [0, 0.1) is 11.3 Å². The predicted molar refractivity (Wildman–Crippen MR) is 70.7 cm³/mol. The molecule has 5 nitrogen and oxygen atoms in total. The monoisotopic (exact) mass is 275 g/mol. The first-order valence-electron chi connectivity index (χ1n) is 6.09. The number of carboxylic acids is 1. The standard InChI is InChI=1S/C12H21NO4S/c1-9(7-18-2)10(14)13-8-12(11(15)16)3-5-17-6-4-12/h9H,3-8H2,1-2H3,(H,13,14)(H,15,16). The number of hydrogen-bond acceptors (Lipinski definition) is 4. The van der Waals surface area contributed by atoms with E-state index in [1.165, 1.54) is 0 Å². The average molecular weight is 275 g/mol. The highest BCUT2D eigenvalue weighted by Gasteiger charge is 2.40. The number of rotatable bonds is 6. The Bertz CT molecular complexity index is 302. The van der Waals surface area contributed by atoms with Gasteiger partial charge in [-0.25, -0.2) is 0 Å². The molecule has 0 aromatic carbocycles. The maximum Gasteiger partial charge on any atom is 0.311 e. The summed E-state index contributed by atoms with van der Waals surface area (Å²) in [6.07, 6.45) is 2.86. The Kier molecular flexibility index (Phi) is 5.95. The first kappa shape index (κ1) is 15.3. The van der Waals surface area contributed by atoms with Gasteiger partial charge in [0.05, 0.1) is 5.41 Å². The van der Waals surface area contributed by atoms with Crippen molar-refractivity contribution in [2.24, 2.45) is 11.3 Å². The van der Waals surface area contributed by atoms with Crippen LogP contribution in [0.1, 0.15) is 19.8 Å². The summed E-state index contributed by atoms with van der Waals surface area (Å²) in [7, 11) is 0. The summed E-state index contributed by atoms with van der Waals surface area (Å²) in [5, 5.41) is 12.1. The van der Waals surface area contributed by atoms with Gasteiger partial charge in [-0.2, -0.15) is 11.8 Å². The molecule has 1 heterocycles. The number of carbonyl (C=O) groups is 2. The van der Waals surface area contributed by atoms with Crippen molar-refractivity contribution in [1.82, 2.24) is 5.32 Å². The van der Waals surface area contributed by atoms with E-state index in [4.69, 9.17) is 4.74 Å². The number of hydrogen-bond donors (Lipinski definition) is 2. The van der Waals surface area contributed by atoms with Crippen LogP contribution in [-0.4, -0.2) is 48.8 Å². The van der Waals surface area contributed by atoms with Gasteiger partial charge in [-0.1, -0.05) is 6.92 Å². The zero-order valence-electron chi connectivity index (χ0n) is 10.9. The van der Waals surface area contributed by atoms with E-state index in [-0.39, 0.29) is 18.4 Å². The zero-order chi connectivity index (χ0) is 13.6. The molecule has 1 unspecified atom stereocenters. The Hall–Kier alpha value is -0.750. The highest BCUT2D eigenvalue weighted by atomic mass is 32.2. The quantitative estimate of drug-likeness (QED) is 0.756. The largest absolute Gasteiger partial charge is 0.481 e. The van der Waals surface area contributed by atoms with Crippen molar-refractivity contribution >= 4 is 23.6 Å². The van der Waals surface area contributed by atoms with Crippen LogP contribution < -0.4 is 5.32 Å². The van der Waals surface area contributed by atoms with Gasteiger partial charge in [0, 0.05) is 31.4 Å². The lowest BCUT2D eigenvalue weighted by Gasteiger charge is -2.33. The number of carbonyl (C=O) groups excluding carboxylic acids is 1. The molecule has 1 fully saturated rings. The summed E-state index contributed by atoms with van der Waals surface area (Å²) < 4.78 is 5.19. The minimum atomic E-state index is -0.854. The van der Waals surface area contributed by atoms with Crippen molar-refractivity contribution in [2.75, 3.05) is 31.8 Å². The minimum Gasteiger partial charge on any atom is -0.481 e. The van der Waals surface area contributed by atoms with Crippen LogP contribution in [0.5, 0.6) is 0 Å². The molecule has 0 aromatic rings. The lowest BCUT2D eigenvalue weighted by atomic mass is 9.80. The highest BCUT2D eigenvalue weighted by molar-refractivity contribution is 7.98. The van der Waals surface area contributed by atoms with Crippen LogP contribution in [0.25, 0.3) is 0 Å². The summed E-state index contributed by atoms with van der Waals surface area (Å²) in [5.74, 6) is -0.263. The Balaban J connectivity index is 2.52. The lowest BCUT2D eigenvalue weighted by Crippen LogP contribution is -2.47. The van der Waals surface area contributed by atoms with E-state index in [0.717, 1.165) is 5.75 Å². The fourth-order valence-electron chi connectivity index (χ4n) is 1.98. The van der Waals surface area contributed by atoms with E-state index in [1.54, 1.807) is 11.8 Å². The van der Waals surface area contributed by atoms with Crippen LogP contribution in [0.3, 0.4) is 0 Å². The van der Waals surface area contributed by atoms with E-state index < -0.39 is 11.4 Å². The van der Waals surface area contributed by atoms with Gasteiger partial charge in [0.15, 0.2) is 0 Å². The second-order valence-corrected chi connectivity index (χ2v) is 5.68. The summed E-state index contributed by atoms with van der Waals surface area (Å²) in [6, 6.07) is 0. The molecule has 0 bridgehead atoms. The molecule has 1 atom stereocenters. The van der Waals surface area contributed by atoms with E-state index in [9.17, 15) is 14.7 Å². The molecule has 0 radical (unpaired) electrons. The van der Waals surface area contributed by atoms with Crippen molar-refractivity contribution in [3.05, 3.63) is 0 Å². The fraction of sp³-hybridized carbons (Fsp3) is 0.833. The van der Waals surface area contributed by atoms with E-state index in [0.29, 0.717) is 26.1 Å². The number of nitrogens with one attached hydrogen (secondary N) is 1. The summed E-state index contributed by atoms with van der Waals surface area (Å²) >= 11 is 1.61. The fourth-order valence-corrected chi connectivity index (χ4v) is 2.64. The number of carboxylic acid groups (broad SMARTS) is 1. The second kappa shape index (κ2) is 6.99. The van der Waals surface area contributed by atoms with E-state index >= 15 is 0 Å². The van der Waals surface area contributed by atoms with Gasteiger partial charge in [-0.15, -0.1) is 0 Å². The van der Waals surface area contributed by atoms with Crippen LogP contribution in [0.4, 0.5) is 0 Å². The molecule has 1 aliphatic heterocycles. The summed E-state index contributed by atoms with van der Waals surface area (Å²) in [6.45, 7) is 2.94.